The molecule has 6 heteroatoms. The highest BCUT2D eigenvalue weighted by Gasteiger charge is 2.09. The van der Waals surface area contributed by atoms with Crippen LogP contribution in [0.4, 0.5) is 5.69 Å². The van der Waals surface area contributed by atoms with Crippen molar-refractivity contribution in [1.29, 1.82) is 5.26 Å². The number of nitrogens with zero attached hydrogens (tertiary/aromatic N) is 2. The highest BCUT2D eigenvalue weighted by atomic mass is 16.5. The Morgan fingerprint density at radius 1 is 1.04 bits per heavy atom. The molecule has 1 N–H and O–H groups in total. The summed E-state index contributed by atoms with van der Waals surface area (Å²) in [4.78, 5) is 16.5. The number of nitriles is 1. The van der Waals surface area contributed by atoms with E-state index in [1.54, 1.807) is 36.4 Å². The molecule has 1 aromatic heterocycles. The standard InChI is InChI=1S/C22H15N3O3/c23-13-15-5-11-18(12-6-15)27-14-21(26)24-17-9-7-16(8-10-17)22-25-19-3-1-2-4-20(19)28-22/h1-12H,14H2,(H,24,26). The number of oxazole rings is 1. The predicted octanol–water partition coefficient (Wildman–Crippen LogP) is 4.38. The van der Waals surface area contributed by atoms with Gasteiger partial charge in [-0.3, -0.25) is 4.79 Å². The van der Waals surface area contributed by atoms with Crippen LogP contribution < -0.4 is 10.1 Å². The molecule has 3 aromatic carbocycles. The summed E-state index contributed by atoms with van der Waals surface area (Å²) in [5.41, 5.74) is 3.54. The van der Waals surface area contributed by atoms with Gasteiger partial charge in [0.25, 0.3) is 5.91 Å². The number of carbonyl (C=O) groups excluding carboxylic acids is 1. The zero-order chi connectivity index (χ0) is 19.3. The summed E-state index contributed by atoms with van der Waals surface area (Å²) in [6.07, 6.45) is 0. The molecule has 0 radical (unpaired) electrons. The van der Waals surface area contributed by atoms with E-state index in [1.165, 1.54) is 0 Å². The Balaban J connectivity index is 1.37. The van der Waals surface area contributed by atoms with Gasteiger partial charge < -0.3 is 14.5 Å². The first-order valence-electron chi connectivity index (χ1n) is 8.60. The van der Waals surface area contributed by atoms with Gasteiger partial charge in [0.2, 0.25) is 5.89 Å². The first kappa shape index (κ1) is 17.3. The van der Waals surface area contributed by atoms with Crippen LogP contribution in [0.3, 0.4) is 0 Å². The molecule has 6 nitrogen and oxygen atoms in total. The van der Waals surface area contributed by atoms with E-state index < -0.39 is 0 Å². The topological polar surface area (TPSA) is 88.1 Å². The van der Waals surface area contributed by atoms with E-state index in [4.69, 9.17) is 14.4 Å². The SMILES string of the molecule is N#Cc1ccc(OCC(=O)Nc2ccc(-c3nc4ccccc4o3)cc2)cc1. The maximum atomic E-state index is 12.1. The summed E-state index contributed by atoms with van der Waals surface area (Å²) in [5.74, 6) is 0.780. The molecule has 0 saturated carbocycles. The molecular weight excluding hydrogens is 354 g/mol. The number of benzene rings is 3. The number of carbonyl (C=O) groups is 1. The molecule has 0 aliphatic rings. The molecular formula is C22H15N3O3. The van der Waals surface area contributed by atoms with Gasteiger partial charge in [-0.1, -0.05) is 12.1 Å². The summed E-state index contributed by atoms with van der Waals surface area (Å²) in [6.45, 7) is -0.126. The largest absolute Gasteiger partial charge is 0.484 e. The van der Waals surface area contributed by atoms with Gasteiger partial charge in [-0.15, -0.1) is 0 Å². The van der Waals surface area contributed by atoms with Crippen molar-refractivity contribution in [2.45, 2.75) is 0 Å². The van der Waals surface area contributed by atoms with Crippen LogP contribution >= 0.6 is 0 Å². The van der Waals surface area contributed by atoms with E-state index in [1.807, 2.05) is 42.5 Å². The lowest BCUT2D eigenvalue weighted by Crippen LogP contribution is -2.20. The molecule has 0 spiro atoms. The van der Waals surface area contributed by atoms with Crippen LogP contribution in [0, 0.1) is 11.3 Å². The number of amides is 1. The first-order chi connectivity index (χ1) is 13.7. The van der Waals surface area contributed by atoms with Crippen molar-refractivity contribution in [1.82, 2.24) is 4.98 Å². The van der Waals surface area contributed by atoms with Crippen molar-refractivity contribution in [3.8, 4) is 23.3 Å². The maximum absolute atomic E-state index is 12.1. The number of para-hydroxylation sites is 2. The van der Waals surface area contributed by atoms with Crippen molar-refractivity contribution in [3.05, 3.63) is 78.4 Å². The lowest BCUT2D eigenvalue weighted by molar-refractivity contribution is -0.118. The van der Waals surface area contributed by atoms with Crippen molar-refractivity contribution in [2.24, 2.45) is 0 Å². The maximum Gasteiger partial charge on any atom is 0.262 e. The van der Waals surface area contributed by atoms with E-state index in [9.17, 15) is 4.79 Å². The lowest BCUT2D eigenvalue weighted by Gasteiger charge is -2.08. The van der Waals surface area contributed by atoms with Gasteiger partial charge in [0, 0.05) is 11.3 Å². The van der Waals surface area contributed by atoms with Gasteiger partial charge in [-0.2, -0.15) is 5.26 Å². The number of nitrogens with one attached hydrogen (secondary N) is 1. The van der Waals surface area contributed by atoms with Crippen LogP contribution in [0.25, 0.3) is 22.6 Å². The number of aromatic nitrogens is 1. The fraction of sp³-hybridized carbons (Fsp3) is 0.0455. The van der Waals surface area contributed by atoms with Crippen LogP contribution in [0.15, 0.2) is 77.2 Å². The number of anilines is 1. The Morgan fingerprint density at radius 2 is 1.79 bits per heavy atom. The van der Waals surface area contributed by atoms with Crippen molar-refractivity contribution >= 4 is 22.7 Å². The monoisotopic (exact) mass is 369 g/mol. The smallest absolute Gasteiger partial charge is 0.262 e. The molecule has 136 valence electrons. The lowest BCUT2D eigenvalue weighted by atomic mass is 10.2. The molecule has 28 heavy (non-hydrogen) atoms. The highest BCUT2D eigenvalue weighted by molar-refractivity contribution is 5.92. The normalized spacial score (nSPS) is 10.4. The number of hydrogen-bond acceptors (Lipinski definition) is 5. The zero-order valence-corrected chi connectivity index (χ0v) is 14.8. The minimum absolute atomic E-state index is 0.126. The number of rotatable bonds is 5. The molecule has 0 fully saturated rings. The van der Waals surface area contributed by atoms with Crippen LogP contribution in [0.2, 0.25) is 0 Å². The van der Waals surface area contributed by atoms with Crippen molar-refractivity contribution < 1.29 is 13.9 Å². The van der Waals surface area contributed by atoms with Gasteiger partial charge in [-0.25, -0.2) is 4.98 Å². The van der Waals surface area contributed by atoms with Crippen LogP contribution in [-0.2, 0) is 4.79 Å². The minimum Gasteiger partial charge on any atom is -0.484 e. The van der Waals surface area contributed by atoms with Gasteiger partial charge >= 0.3 is 0 Å². The fourth-order valence-corrected chi connectivity index (χ4v) is 2.66. The fourth-order valence-electron chi connectivity index (χ4n) is 2.66. The third kappa shape index (κ3) is 3.84. The summed E-state index contributed by atoms with van der Waals surface area (Å²) < 4.78 is 11.2. The second-order valence-electron chi connectivity index (χ2n) is 6.04. The molecule has 0 aliphatic heterocycles. The molecule has 0 atom stereocenters. The van der Waals surface area contributed by atoms with Gasteiger partial charge in [0.05, 0.1) is 11.6 Å². The molecule has 0 unspecified atom stereocenters. The Kier molecular flexibility index (Phi) is 4.72. The van der Waals surface area contributed by atoms with E-state index in [0.29, 0.717) is 22.9 Å². The second kappa shape index (κ2) is 7.64. The van der Waals surface area contributed by atoms with Gasteiger partial charge in [0.1, 0.15) is 11.3 Å². The Hall–Kier alpha value is -4.11. The van der Waals surface area contributed by atoms with Crippen LogP contribution in [-0.4, -0.2) is 17.5 Å². The van der Waals surface area contributed by atoms with Gasteiger partial charge in [0.15, 0.2) is 12.2 Å². The van der Waals surface area contributed by atoms with E-state index in [0.717, 1.165) is 16.7 Å². The number of hydrogen-bond donors (Lipinski definition) is 1. The first-order valence-corrected chi connectivity index (χ1v) is 8.60. The number of fused-ring (bicyclic) bond motifs is 1. The van der Waals surface area contributed by atoms with Gasteiger partial charge in [-0.05, 0) is 60.7 Å². The predicted molar refractivity (Wildman–Crippen MR) is 105 cm³/mol. The minimum atomic E-state index is -0.279. The molecule has 1 heterocycles. The summed E-state index contributed by atoms with van der Waals surface area (Å²) >= 11 is 0. The third-order valence-corrected chi connectivity index (χ3v) is 4.06. The van der Waals surface area contributed by atoms with E-state index in [2.05, 4.69) is 10.3 Å². The summed E-state index contributed by atoms with van der Waals surface area (Å²) in [7, 11) is 0. The average Bonchev–Trinajstić information content (AvgIpc) is 3.17. The molecule has 4 rings (SSSR count). The second-order valence-corrected chi connectivity index (χ2v) is 6.04. The van der Waals surface area contributed by atoms with Crippen molar-refractivity contribution in [2.75, 3.05) is 11.9 Å². The molecule has 0 aliphatic carbocycles. The van der Waals surface area contributed by atoms with E-state index >= 15 is 0 Å². The molecule has 0 saturated heterocycles. The molecule has 0 bridgehead atoms. The third-order valence-electron chi connectivity index (χ3n) is 4.06. The zero-order valence-electron chi connectivity index (χ0n) is 14.8. The number of ether oxygens (including phenoxy) is 1. The van der Waals surface area contributed by atoms with E-state index in [-0.39, 0.29) is 12.5 Å². The summed E-state index contributed by atoms with van der Waals surface area (Å²) in [5, 5.41) is 11.5. The Bertz CT molecular complexity index is 1120. The summed E-state index contributed by atoms with van der Waals surface area (Å²) in [6, 6.07) is 23.4. The van der Waals surface area contributed by atoms with Crippen LogP contribution in [0.1, 0.15) is 5.56 Å². The van der Waals surface area contributed by atoms with Crippen LogP contribution in [0.5, 0.6) is 5.75 Å². The molecule has 4 aromatic rings. The van der Waals surface area contributed by atoms with Crippen molar-refractivity contribution in [3.63, 3.8) is 0 Å². The molecule has 1 amide bonds. The Labute approximate surface area is 161 Å². The highest BCUT2D eigenvalue weighted by Crippen LogP contribution is 2.25. The Morgan fingerprint density at radius 3 is 2.50 bits per heavy atom. The quantitative estimate of drug-likeness (QED) is 0.564. The average molecular weight is 369 g/mol.